The van der Waals surface area contributed by atoms with Crippen LogP contribution in [0.2, 0.25) is 0 Å². The molecule has 0 atom stereocenters. The van der Waals surface area contributed by atoms with Gasteiger partial charge in [-0.25, -0.2) is 9.59 Å². The number of rotatable bonds is 5. The Balaban J connectivity index is 2.94. The first-order valence-corrected chi connectivity index (χ1v) is 5.40. The minimum Gasteiger partial charge on any atom is -0.457 e. The molecule has 0 aliphatic rings. The molecular weight excluding hydrogens is 232 g/mol. The molecule has 0 unspecified atom stereocenters. The van der Waals surface area contributed by atoms with Crippen LogP contribution in [0, 0.1) is 0 Å². The van der Waals surface area contributed by atoms with Gasteiger partial charge in [0.2, 0.25) is 0 Å². The molecule has 0 saturated carbocycles. The average molecular weight is 244 g/mol. The van der Waals surface area contributed by atoms with Gasteiger partial charge in [0, 0.05) is 6.42 Å². The Kier molecular flexibility index (Phi) is 5.26. The Morgan fingerprint density at radius 3 is 2.56 bits per heavy atom. The lowest BCUT2D eigenvalue weighted by Crippen LogP contribution is -2.22. The van der Waals surface area contributed by atoms with Gasteiger partial charge in [0.15, 0.2) is 0 Å². The van der Waals surface area contributed by atoms with Crippen molar-refractivity contribution in [2.75, 3.05) is 6.61 Å². The fourth-order valence-electron chi connectivity index (χ4n) is 1.39. The molecule has 5 heteroatoms. The third kappa shape index (κ3) is 3.52. The summed E-state index contributed by atoms with van der Waals surface area (Å²) in [6, 6.07) is 9.02. The highest BCUT2D eigenvalue weighted by molar-refractivity contribution is 6.42. The van der Waals surface area contributed by atoms with Crippen LogP contribution < -0.4 is 0 Å². The van der Waals surface area contributed by atoms with Crippen molar-refractivity contribution in [3.05, 3.63) is 47.0 Å². The van der Waals surface area contributed by atoms with E-state index in [4.69, 9.17) is 5.53 Å². The molecule has 18 heavy (non-hydrogen) atoms. The topological polar surface area (TPSA) is 79.8 Å². The van der Waals surface area contributed by atoms with Gasteiger partial charge in [-0.2, -0.15) is 4.79 Å². The number of hydrogen-bond donors (Lipinski definition) is 0. The Morgan fingerprint density at radius 2 is 2.06 bits per heavy atom. The van der Waals surface area contributed by atoms with Crippen molar-refractivity contribution in [1.29, 1.82) is 0 Å². The largest absolute Gasteiger partial charge is 0.457 e. The number of nitrogens with zero attached hydrogens (tertiary/aromatic N) is 2. The van der Waals surface area contributed by atoms with E-state index in [1.165, 1.54) is 0 Å². The van der Waals surface area contributed by atoms with Crippen LogP contribution in [0.3, 0.4) is 0 Å². The van der Waals surface area contributed by atoms with Gasteiger partial charge in [0.25, 0.3) is 0 Å². The Hall–Kier alpha value is -2.48. The number of benzene rings is 1. The minimum absolute atomic E-state index is 0.0397. The summed E-state index contributed by atoms with van der Waals surface area (Å²) in [6.45, 7) is 1.75. The SMILES string of the molecule is CCOC(=O)C(=[N+]=[N-])C(=C=O)Cc1ccccc1. The van der Waals surface area contributed by atoms with Crippen molar-refractivity contribution >= 4 is 17.6 Å². The maximum absolute atomic E-state index is 11.5. The molecule has 0 spiro atoms. The zero-order chi connectivity index (χ0) is 13.4. The molecule has 0 bridgehead atoms. The molecule has 0 saturated heterocycles. The van der Waals surface area contributed by atoms with Crippen molar-refractivity contribution in [2.24, 2.45) is 0 Å². The number of ether oxygens (including phenoxy) is 1. The van der Waals surface area contributed by atoms with Crippen LogP contribution in [0.15, 0.2) is 35.9 Å². The summed E-state index contributed by atoms with van der Waals surface area (Å²) in [5, 5.41) is 0. The van der Waals surface area contributed by atoms with Gasteiger partial charge in [0.05, 0.1) is 6.61 Å². The average Bonchev–Trinajstić information content (AvgIpc) is 2.40. The van der Waals surface area contributed by atoms with E-state index < -0.39 is 11.7 Å². The fraction of sp³-hybridized carbons (Fsp3) is 0.231. The van der Waals surface area contributed by atoms with Crippen molar-refractivity contribution in [3.63, 3.8) is 0 Å². The van der Waals surface area contributed by atoms with Crippen molar-refractivity contribution in [3.8, 4) is 0 Å². The van der Waals surface area contributed by atoms with E-state index in [0.717, 1.165) is 5.56 Å². The summed E-state index contributed by atoms with van der Waals surface area (Å²) in [6.07, 6.45) is 0.155. The van der Waals surface area contributed by atoms with Gasteiger partial charge < -0.3 is 10.3 Å². The standard InChI is InChI=1S/C13H12N2O3/c1-2-18-13(17)12(15-14)11(9-16)8-10-6-4-3-5-7-10/h3-7H,2,8H2,1H3. The first-order valence-electron chi connectivity index (χ1n) is 5.40. The molecule has 0 aliphatic heterocycles. The first-order chi connectivity index (χ1) is 8.72. The molecule has 0 radical (unpaired) electrons. The van der Waals surface area contributed by atoms with Gasteiger partial charge in [-0.15, -0.1) is 0 Å². The molecule has 0 amide bonds. The molecule has 0 N–H and O–H groups in total. The van der Waals surface area contributed by atoms with E-state index in [2.05, 4.69) is 9.53 Å². The number of carbonyl (C=O) groups is 1. The molecule has 0 heterocycles. The normalized spacial score (nSPS) is 8.94. The van der Waals surface area contributed by atoms with Crippen molar-refractivity contribution in [2.45, 2.75) is 13.3 Å². The molecule has 1 aromatic rings. The van der Waals surface area contributed by atoms with Crippen LogP contribution >= 0.6 is 0 Å². The van der Waals surface area contributed by atoms with Crippen LogP contribution in [-0.2, 0) is 20.7 Å². The first kappa shape index (κ1) is 13.6. The van der Waals surface area contributed by atoms with E-state index >= 15 is 0 Å². The lowest BCUT2D eigenvalue weighted by molar-refractivity contribution is -0.139. The maximum atomic E-state index is 11.5. The molecule has 5 nitrogen and oxygen atoms in total. The third-order valence-electron chi connectivity index (χ3n) is 2.20. The number of carbonyl (C=O) groups excluding carboxylic acids is 2. The highest BCUT2D eigenvalue weighted by atomic mass is 16.5. The van der Waals surface area contributed by atoms with Crippen molar-refractivity contribution < 1.29 is 19.1 Å². The molecule has 92 valence electrons. The predicted molar refractivity (Wildman–Crippen MR) is 64.6 cm³/mol. The predicted octanol–water partition coefficient (Wildman–Crippen LogP) is 1.22. The smallest absolute Gasteiger partial charge is 0.422 e. The van der Waals surface area contributed by atoms with Gasteiger partial charge >= 0.3 is 11.7 Å². The second kappa shape index (κ2) is 6.97. The van der Waals surface area contributed by atoms with Gasteiger partial charge in [-0.05, 0) is 12.5 Å². The summed E-state index contributed by atoms with van der Waals surface area (Å²) in [5.74, 6) is 0.777. The summed E-state index contributed by atoms with van der Waals surface area (Å²) in [5.41, 5.74) is 9.15. The monoisotopic (exact) mass is 244 g/mol. The molecule has 0 fully saturated rings. The van der Waals surface area contributed by atoms with Crippen LogP contribution in [0.5, 0.6) is 0 Å². The summed E-state index contributed by atoms with van der Waals surface area (Å²) in [4.78, 5) is 25.1. The molecule has 0 aliphatic carbocycles. The minimum atomic E-state index is -0.839. The van der Waals surface area contributed by atoms with Gasteiger partial charge in [-0.1, -0.05) is 30.3 Å². The highest BCUT2D eigenvalue weighted by Gasteiger charge is 2.28. The van der Waals surface area contributed by atoms with Gasteiger partial charge in [0.1, 0.15) is 11.5 Å². The second-order valence-electron chi connectivity index (χ2n) is 3.41. The summed E-state index contributed by atoms with van der Waals surface area (Å²) < 4.78 is 4.69. The Labute approximate surface area is 104 Å². The van der Waals surface area contributed by atoms with Gasteiger partial charge in [-0.3, -0.25) is 0 Å². The van der Waals surface area contributed by atoms with E-state index in [1.54, 1.807) is 37.1 Å². The third-order valence-corrected chi connectivity index (χ3v) is 2.20. The van der Waals surface area contributed by atoms with E-state index in [-0.39, 0.29) is 18.6 Å². The molecular formula is C13H12N2O3. The quantitative estimate of drug-likeness (QED) is 0.257. The summed E-state index contributed by atoms with van der Waals surface area (Å²) in [7, 11) is 0. The fourth-order valence-corrected chi connectivity index (χ4v) is 1.39. The van der Waals surface area contributed by atoms with Crippen LogP contribution in [0.4, 0.5) is 0 Å². The lowest BCUT2D eigenvalue weighted by atomic mass is 10.0. The number of esters is 1. The molecule has 1 rings (SSSR count). The zero-order valence-electron chi connectivity index (χ0n) is 9.92. The lowest BCUT2D eigenvalue weighted by Gasteiger charge is -2.00. The molecule has 0 aromatic heterocycles. The highest BCUT2D eigenvalue weighted by Crippen LogP contribution is 2.07. The van der Waals surface area contributed by atoms with Crippen LogP contribution in [0.1, 0.15) is 12.5 Å². The van der Waals surface area contributed by atoms with E-state index in [0.29, 0.717) is 0 Å². The Bertz CT molecular complexity index is 524. The van der Waals surface area contributed by atoms with Crippen LogP contribution in [0.25, 0.3) is 5.53 Å². The van der Waals surface area contributed by atoms with E-state index in [1.807, 2.05) is 6.07 Å². The van der Waals surface area contributed by atoms with Crippen molar-refractivity contribution in [1.82, 2.24) is 0 Å². The summed E-state index contributed by atoms with van der Waals surface area (Å²) >= 11 is 0. The maximum Gasteiger partial charge on any atom is 0.422 e. The zero-order valence-corrected chi connectivity index (χ0v) is 9.92. The second-order valence-corrected chi connectivity index (χ2v) is 3.41. The Morgan fingerprint density at radius 1 is 1.39 bits per heavy atom. The molecule has 1 aromatic carbocycles. The van der Waals surface area contributed by atoms with Crippen LogP contribution in [-0.4, -0.2) is 29.0 Å². The number of hydrogen-bond acceptors (Lipinski definition) is 3. The van der Waals surface area contributed by atoms with E-state index in [9.17, 15) is 9.59 Å².